The van der Waals surface area contributed by atoms with Crippen molar-refractivity contribution < 1.29 is 19.4 Å². The SMILES string of the molecule is CC.NC(CC(=O)O)C(=O)NCCN1CCOCC1. The molecular weight excluding hydrogens is 250 g/mol. The average Bonchev–Trinajstić information content (AvgIpc) is 2.41. The largest absolute Gasteiger partial charge is 0.481 e. The molecule has 0 spiro atoms. The molecule has 0 bridgehead atoms. The smallest absolute Gasteiger partial charge is 0.305 e. The zero-order valence-corrected chi connectivity index (χ0v) is 11.7. The second-order valence-corrected chi connectivity index (χ2v) is 3.95. The summed E-state index contributed by atoms with van der Waals surface area (Å²) < 4.78 is 5.19. The van der Waals surface area contributed by atoms with Crippen molar-refractivity contribution >= 4 is 11.9 Å². The Morgan fingerprint density at radius 1 is 1.37 bits per heavy atom. The fourth-order valence-corrected chi connectivity index (χ4v) is 1.57. The Bertz CT molecular complexity index is 268. The van der Waals surface area contributed by atoms with E-state index < -0.39 is 17.9 Å². The van der Waals surface area contributed by atoms with Crippen LogP contribution in [0.2, 0.25) is 0 Å². The summed E-state index contributed by atoms with van der Waals surface area (Å²) in [6, 6.07) is -0.975. The van der Waals surface area contributed by atoms with Crippen LogP contribution in [0.5, 0.6) is 0 Å². The van der Waals surface area contributed by atoms with Gasteiger partial charge in [0.25, 0.3) is 0 Å². The lowest BCUT2D eigenvalue weighted by molar-refractivity contribution is -0.139. The number of amides is 1. The first-order chi connectivity index (χ1) is 9.09. The maximum Gasteiger partial charge on any atom is 0.305 e. The molecule has 1 rings (SSSR count). The first-order valence-corrected chi connectivity index (χ1v) is 6.65. The minimum Gasteiger partial charge on any atom is -0.481 e. The van der Waals surface area contributed by atoms with E-state index in [-0.39, 0.29) is 6.42 Å². The van der Waals surface area contributed by atoms with Crippen LogP contribution in [0.4, 0.5) is 0 Å². The summed E-state index contributed by atoms with van der Waals surface area (Å²) >= 11 is 0. The lowest BCUT2D eigenvalue weighted by Crippen LogP contribution is -2.46. The molecule has 0 aromatic carbocycles. The van der Waals surface area contributed by atoms with Gasteiger partial charge >= 0.3 is 5.97 Å². The van der Waals surface area contributed by atoms with Crippen LogP contribution < -0.4 is 11.1 Å². The number of carbonyl (C=O) groups is 2. The lowest BCUT2D eigenvalue weighted by atomic mass is 10.2. The maximum absolute atomic E-state index is 11.4. The number of ether oxygens (including phenoxy) is 1. The average molecular weight is 275 g/mol. The Balaban J connectivity index is 0.00000154. The van der Waals surface area contributed by atoms with Gasteiger partial charge in [0.1, 0.15) is 0 Å². The van der Waals surface area contributed by atoms with Gasteiger partial charge in [0.05, 0.1) is 25.7 Å². The minimum atomic E-state index is -1.07. The van der Waals surface area contributed by atoms with Gasteiger partial charge in [-0.15, -0.1) is 0 Å². The molecule has 1 heterocycles. The van der Waals surface area contributed by atoms with E-state index >= 15 is 0 Å². The molecule has 1 aliphatic heterocycles. The quantitative estimate of drug-likeness (QED) is 0.590. The van der Waals surface area contributed by atoms with Crippen molar-refractivity contribution in [2.75, 3.05) is 39.4 Å². The zero-order chi connectivity index (χ0) is 14.7. The predicted octanol–water partition coefficient (Wildman–Crippen LogP) is -0.737. The zero-order valence-electron chi connectivity index (χ0n) is 11.7. The molecule has 0 aromatic heterocycles. The van der Waals surface area contributed by atoms with Crippen LogP contribution in [0.1, 0.15) is 20.3 Å². The number of nitrogens with zero attached hydrogens (tertiary/aromatic N) is 1. The molecule has 1 unspecified atom stereocenters. The molecule has 7 heteroatoms. The number of rotatable bonds is 6. The normalized spacial score (nSPS) is 17.0. The van der Waals surface area contributed by atoms with Crippen molar-refractivity contribution in [3.8, 4) is 0 Å². The molecule has 1 atom stereocenters. The van der Waals surface area contributed by atoms with Gasteiger partial charge in [-0.05, 0) is 0 Å². The number of hydrogen-bond donors (Lipinski definition) is 3. The van der Waals surface area contributed by atoms with E-state index in [0.29, 0.717) is 19.8 Å². The highest BCUT2D eigenvalue weighted by molar-refractivity contribution is 5.85. The second-order valence-electron chi connectivity index (χ2n) is 3.95. The van der Waals surface area contributed by atoms with E-state index in [2.05, 4.69) is 10.2 Å². The van der Waals surface area contributed by atoms with Gasteiger partial charge in [-0.25, -0.2) is 0 Å². The number of nitrogens with two attached hydrogens (primary N) is 1. The first kappa shape index (κ1) is 17.8. The second kappa shape index (κ2) is 10.7. The van der Waals surface area contributed by atoms with Crippen molar-refractivity contribution in [3.05, 3.63) is 0 Å². The van der Waals surface area contributed by atoms with Crippen LogP contribution in [0.25, 0.3) is 0 Å². The standard InChI is InChI=1S/C10H19N3O4.C2H6/c11-8(7-9(14)15)10(16)12-1-2-13-3-5-17-6-4-13;1-2/h8H,1-7,11H2,(H,12,16)(H,14,15);1-2H3. The summed E-state index contributed by atoms with van der Waals surface area (Å²) in [5, 5.41) is 11.1. The topological polar surface area (TPSA) is 105 Å². The van der Waals surface area contributed by atoms with Gasteiger partial charge in [-0.1, -0.05) is 13.8 Å². The Hall–Kier alpha value is -1.18. The third-order valence-electron chi connectivity index (χ3n) is 2.56. The van der Waals surface area contributed by atoms with Gasteiger partial charge in [0.15, 0.2) is 0 Å². The number of carbonyl (C=O) groups excluding carboxylic acids is 1. The molecule has 0 aromatic rings. The summed E-state index contributed by atoms with van der Waals surface area (Å²) in [5.41, 5.74) is 5.41. The van der Waals surface area contributed by atoms with E-state index in [1.807, 2.05) is 13.8 Å². The monoisotopic (exact) mass is 275 g/mol. The number of aliphatic carboxylic acids is 1. The lowest BCUT2D eigenvalue weighted by Gasteiger charge is -2.26. The van der Waals surface area contributed by atoms with Crippen LogP contribution in [-0.2, 0) is 14.3 Å². The molecule has 1 fully saturated rings. The minimum absolute atomic E-state index is 0.344. The maximum atomic E-state index is 11.4. The molecule has 19 heavy (non-hydrogen) atoms. The Morgan fingerprint density at radius 2 is 1.95 bits per heavy atom. The van der Waals surface area contributed by atoms with Crippen LogP contribution >= 0.6 is 0 Å². The number of carboxylic acid groups (broad SMARTS) is 1. The first-order valence-electron chi connectivity index (χ1n) is 6.65. The summed E-state index contributed by atoms with van der Waals surface area (Å²) in [6.07, 6.45) is -0.344. The van der Waals surface area contributed by atoms with E-state index in [1.54, 1.807) is 0 Å². The van der Waals surface area contributed by atoms with Crippen molar-refractivity contribution in [3.63, 3.8) is 0 Å². The van der Waals surface area contributed by atoms with Gasteiger partial charge in [-0.2, -0.15) is 0 Å². The van der Waals surface area contributed by atoms with E-state index in [4.69, 9.17) is 15.6 Å². The van der Waals surface area contributed by atoms with Gasteiger partial charge < -0.3 is 20.9 Å². The number of hydrogen-bond acceptors (Lipinski definition) is 5. The van der Waals surface area contributed by atoms with E-state index in [1.165, 1.54) is 0 Å². The molecule has 1 amide bonds. The van der Waals surface area contributed by atoms with E-state index in [9.17, 15) is 9.59 Å². The van der Waals surface area contributed by atoms with Crippen LogP contribution in [0.15, 0.2) is 0 Å². The highest BCUT2D eigenvalue weighted by Gasteiger charge is 2.17. The molecule has 1 saturated heterocycles. The Morgan fingerprint density at radius 3 is 2.47 bits per heavy atom. The summed E-state index contributed by atoms with van der Waals surface area (Å²) in [4.78, 5) is 23.9. The molecule has 0 saturated carbocycles. The number of morpholine rings is 1. The van der Waals surface area contributed by atoms with Gasteiger partial charge in [0.2, 0.25) is 5.91 Å². The number of carboxylic acids is 1. The van der Waals surface area contributed by atoms with Crippen LogP contribution in [0.3, 0.4) is 0 Å². The van der Waals surface area contributed by atoms with Crippen LogP contribution in [-0.4, -0.2) is 67.3 Å². The molecule has 0 aliphatic carbocycles. The predicted molar refractivity (Wildman–Crippen MR) is 71.8 cm³/mol. The molecular formula is C12H25N3O4. The summed E-state index contributed by atoms with van der Waals surface area (Å²) in [7, 11) is 0. The Kier molecular flexibility index (Phi) is 10.1. The highest BCUT2D eigenvalue weighted by atomic mass is 16.5. The summed E-state index contributed by atoms with van der Waals surface area (Å²) in [5.74, 6) is -1.48. The molecule has 4 N–H and O–H groups in total. The molecule has 112 valence electrons. The van der Waals surface area contributed by atoms with Crippen LogP contribution in [0, 0.1) is 0 Å². The fourth-order valence-electron chi connectivity index (χ4n) is 1.57. The number of nitrogens with one attached hydrogen (secondary N) is 1. The van der Waals surface area contributed by atoms with Gasteiger partial charge in [-0.3, -0.25) is 14.5 Å². The third-order valence-corrected chi connectivity index (χ3v) is 2.56. The van der Waals surface area contributed by atoms with Gasteiger partial charge in [0, 0.05) is 26.2 Å². The summed E-state index contributed by atoms with van der Waals surface area (Å²) in [6.45, 7) is 8.36. The molecule has 0 radical (unpaired) electrons. The van der Waals surface area contributed by atoms with Crippen molar-refractivity contribution in [2.24, 2.45) is 5.73 Å². The van der Waals surface area contributed by atoms with Crippen molar-refractivity contribution in [1.82, 2.24) is 10.2 Å². The molecule has 1 aliphatic rings. The Labute approximate surface area is 114 Å². The molecule has 7 nitrogen and oxygen atoms in total. The van der Waals surface area contributed by atoms with Crippen molar-refractivity contribution in [2.45, 2.75) is 26.3 Å². The fraction of sp³-hybridized carbons (Fsp3) is 0.833. The van der Waals surface area contributed by atoms with E-state index in [0.717, 1.165) is 19.6 Å². The highest BCUT2D eigenvalue weighted by Crippen LogP contribution is 1.95. The third kappa shape index (κ3) is 8.52. The van der Waals surface area contributed by atoms with Crippen molar-refractivity contribution in [1.29, 1.82) is 0 Å².